The molecule has 2 aromatic rings. The van der Waals surface area contributed by atoms with E-state index in [9.17, 15) is 4.21 Å². The molecule has 17 heavy (non-hydrogen) atoms. The van der Waals surface area contributed by atoms with E-state index in [0.29, 0.717) is 0 Å². The van der Waals surface area contributed by atoms with Crippen LogP contribution in [0.5, 0.6) is 0 Å². The number of nitrogens with zero attached hydrogens (tertiary/aromatic N) is 1. The molecule has 86 valence electrons. The van der Waals surface area contributed by atoms with E-state index in [0.717, 1.165) is 25.3 Å². The van der Waals surface area contributed by atoms with E-state index in [1.807, 2.05) is 36.4 Å². The number of halogens is 1. The molecule has 1 atom stereocenters. The predicted molar refractivity (Wildman–Crippen MR) is 79.0 cm³/mol. The minimum Gasteiger partial charge on any atom is -0.245 e. The SMILES string of the molecule is C[S@@]1(=O)=Nc2ccc(I)cc2-c2ccccc21. The lowest BCUT2D eigenvalue weighted by Crippen LogP contribution is -2.04. The first-order chi connectivity index (χ1) is 8.08. The Morgan fingerprint density at radius 1 is 1.12 bits per heavy atom. The van der Waals surface area contributed by atoms with Crippen LogP contribution in [-0.4, -0.2) is 10.5 Å². The third-order valence-corrected chi connectivity index (χ3v) is 5.20. The summed E-state index contributed by atoms with van der Waals surface area (Å²) in [7, 11) is -2.30. The second-order valence-electron chi connectivity index (χ2n) is 4.05. The van der Waals surface area contributed by atoms with Gasteiger partial charge in [-0.15, -0.1) is 0 Å². The second-order valence-corrected chi connectivity index (χ2v) is 7.52. The average molecular weight is 355 g/mol. The van der Waals surface area contributed by atoms with Crippen LogP contribution in [0.1, 0.15) is 0 Å². The van der Waals surface area contributed by atoms with Crippen LogP contribution in [0.4, 0.5) is 5.69 Å². The second kappa shape index (κ2) is 3.81. The Bertz CT molecular complexity index is 730. The van der Waals surface area contributed by atoms with Crippen molar-refractivity contribution in [2.24, 2.45) is 4.36 Å². The normalized spacial score (nSPS) is 21.3. The van der Waals surface area contributed by atoms with Gasteiger partial charge >= 0.3 is 0 Å². The van der Waals surface area contributed by atoms with Gasteiger partial charge in [-0.2, -0.15) is 4.36 Å². The summed E-state index contributed by atoms with van der Waals surface area (Å²) in [5.74, 6) is 0. The van der Waals surface area contributed by atoms with Crippen molar-refractivity contribution in [3.8, 4) is 11.1 Å². The molecule has 0 unspecified atom stereocenters. The molecular formula is C13H10INOS. The topological polar surface area (TPSA) is 29.4 Å². The molecule has 0 aromatic heterocycles. The zero-order valence-corrected chi connectivity index (χ0v) is 12.2. The summed E-state index contributed by atoms with van der Waals surface area (Å²) in [5.41, 5.74) is 2.95. The largest absolute Gasteiger partial charge is 0.245 e. The Labute approximate surface area is 114 Å². The van der Waals surface area contributed by atoms with Gasteiger partial charge in [0.1, 0.15) is 0 Å². The van der Waals surface area contributed by atoms with Crippen molar-refractivity contribution >= 4 is 38.0 Å². The van der Waals surface area contributed by atoms with Gasteiger partial charge in [-0.25, -0.2) is 4.21 Å². The number of hydrogen-bond donors (Lipinski definition) is 0. The fraction of sp³-hybridized carbons (Fsp3) is 0.0769. The third kappa shape index (κ3) is 1.79. The minimum absolute atomic E-state index is 0.830. The molecule has 3 rings (SSSR count). The molecule has 0 radical (unpaired) electrons. The first-order valence-electron chi connectivity index (χ1n) is 5.19. The monoisotopic (exact) mass is 355 g/mol. The summed E-state index contributed by atoms with van der Waals surface area (Å²) in [6.45, 7) is 0. The molecule has 2 aromatic carbocycles. The fourth-order valence-corrected chi connectivity index (χ4v) is 4.10. The Morgan fingerprint density at radius 3 is 2.71 bits per heavy atom. The van der Waals surface area contributed by atoms with Crippen LogP contribution in [0.2, 0.25) is 0 Å². The van der Waals surface area contributed by atoms with E-state index in [4.69, 9.17) is 0 Å². The van der Waals surface area contributed by atoms with Crippen molar-refractivity contribution in [3.63, 3.8) is 0 Å². The maximum atomic E-state index is 12.5. The van der Waals surface area contributed by atoms with Crippen molar-refractivity contribution < 1.29 is 4.21 Å². The number of rotatable bonds is 0. The standard InChI is InChI=1S/C13H10INOS/c1-17(16)13-5-3-2-4-10(13)11-8-9(14)6-7-12(11)15-17/h2-8H,1H3/t17-/m0/s1. The van der Waals surface area contributed by atoms with E-state index < -0.39 is 9.73 Å². The van der Waals surface area contributed by atoms with Crippen molar-refractivity contribution in [2.45, 2.75) is 4.90 Å². The summed E-state index contributed by atoms with van der Waals surface area (Å²) in [5, 5.41) is 0. The third-order valence-electron chi connectivity index (χ3n) is 2.82. The molecule has 0 aliphatic carbocycles. The van der Waals surface area contributed by atoms with E-state index in [-0.39, 0.29) is 0 Å². The molecule has 0 amide bonds. The van der Waals surface area contributed by atoms with Crippen molar-refractivity contribution in [1.82, 2.24) is 0 Å². The smallest absolute Gasteiger partial charge is 0.0813 e. The zero-order chi connectivity index (χ0) is 12.0. The van der Waals surface area contributed by atoms with Gasteiger partial charge in [0.25, 0.3) is 0 Å². The molecule has 1 aliphatic heterocycles. The molecule has 2 nitrogen and oxygen atoms in total. The zero-order valence-electron chi connectivity index (χ0n) is 9.18. The Kier molecular flexibility index (Phi) is 2.52. The first kappa shape index (κ1) is 11.2. The van der Waals surface area contributed by atoms with Crippen LogP contribution < -0.4 is 0 Å². The molecular weight excluding hydrogens is 345 g/mol. The van der Waals surface area contributed by atoms with Crippen LogP contribution in [0.15, 0.2) is 51.7 Å². The first-order valence-corrected chi connectivity index (χ1v) is 8.19. The summed E-state index contributed by atoms with van der Waals surface area (Å²) in [6.07, 6.45) is 1.70. The van der Waals surface area contributed by atoms with Crippen LogP contribution >= 0.6 is 22.6 Å². The van der Waals surface area contributed by atoms with E-state index in [1.54, 1.807) is 6.26 Å². The highest BCUT2D eigenvalue weighted by molar-refractivity contribution is 14.1. The van der Waals surface area contributed by atoms with Gasteiger partial charge in [-0.3, -0.25) is 0 Å². The van der Waals surface area contributed by atoms with Crippen molar-refractivity contribution in [1.29, 1.82) is 0 Å². The predicted octanol–water partition coefficient (Wildman–Crippen LogP) is 4.06. The summed E-state index contributed by atoms with van der Waals surface area (Å²) < 4.78 is 18.1. The summed E-state index contributed by atoms with van der Waals surface area (Å²) >= 11 is 2.28. The van der Waals surface area contributed by atoms with Crippen molar-refractivity contribution in [2.75, 3.05) is 6.26 Å². The maximum absolute atomic E-state index is 12.5. The summed E-state index contributed by atoms with van der Waals surface area (Å²) in [6, 6.07) is 13.8. The molecule has 0 saturated heterocycles. The number of benzene rings is 2. The van der Waals surface area contributed by atoms with Crippen LogP contribution in [0.3, 0.4) is 0 Å². The van der Waals surface area contributed by atoms with E-state index in [1.165, 1.54) is 0 Å². The number of hydrogen-bond acceptors (Lipinski definition) is 2. The van der Waals surface area contributed by atoms with Gasteiger partial charge in [-0.05, 0) is 46.9 Å². The Morgan fingerprint density at radius 2 is 1.88 bits per heavy atom. The Balaban J connectivity index is 2.47. The Hall–Kier alpha value is -0.880. The molecule has 4 heteroatoms. The van der Waals surface area contributed by atoms with Crippen molar-refractivity contribution in [3.05, 3.63) is 46.0 Å². The fourth-order valence-electron chi connectivity index (χ4n) is 2.06. The van der Waals surface area contributed by atoms with E-state index in [2.05, 4.69) is 33.0 Å². The van der Waals surface area contributed by atoms with Gasteiger partial charge in [0.15, 0.2) is 0 Å². The number of fused-ring (bicyclic) bond motifs is 3. The van der Waals surface area contributed by atoms with Crippen LogP contribution in [0.25, 0.3) is 11.1 Å². The lowest BCUT2D eigenvalue weighted by Gasteiger charge is -2.18. The van der Waals surface area contributed by atoms with Gasteiger partial charge in [0.2, 0.25) is 0 Å². The lowest BCUT2D eigenvalue weighted by atomic mass is 10.0. The molecule has 0 spiro atoms. The van der Waals surface area contributed by atoms with Gasteiger partial charge in [0.05, 0.1) is 20.3 Å². The highest BCUT2D eigenvalue weighted by Crippen LogP contribution is 2.41. The highest BCUT2D eigenvalue weighted by Gasteiger charge is 2.20. The molecule has 0 bridgehead atoms. The quantitative estimate of drug-likeness (QED) is 0.656. The molecule has 1 aliphatic rings. The van der Waals surface area contributed by atoms with Gasteiger partial charge in [-0.1, -0.05) is 18.2 Å². The minimum atomic E-state index is -2.30. The molecule has 0 fully saturated rings. The van der Waals surface area contributed by atoms with Crippen LogP contribution in [-0.2, 0) is 9.73 Å². The van der Waals surface area contributed by atoms with Crippen LogP contribution in [0, 0.1) is 3.57 Å². The highest BCUT2D eigenvalue weighted by atomic mass is 127. The maximum Gasteiger partial charge on any atom is 0.0813 e. The summed E-state index contributed by atoms with van der Waals surface area (Å²) in [4.78, 5) is 0.842. The van der Waals surface area contributed by atoms with Gasteiger partial charge in [0, 0.05) is 21.0 Å². The van der Waals surface area contributed by atoms with Gasteiger partial charge < -0.3 is 0 Å². The lowest BCUT2D eigenvalue weighted by molar-refractivity contribution is 0.680. The van der Waals surface area contributed by atoms with E-state index >= 15 is 0 Å². The molecule has 0 N–H and O–H groups in total. The average Bonchev–Trinajstić information content (AvgIpc) is 2.30. The molecule has 1 heterocycles. The molecule has 0 saturated carbocycles.